The summed E-state index contributed by atoms with van der Waals surface area (Å²) >= 11 is 1.33. The zero-order chi connectivity index (χ0) is 23.9. The summed E-state index contributed by atoms with van der Waals surface area (Å²) in [6.45, 7) is 5.77. The topological polar surface area (TPSA) is 96.6 Å². The van der Waals surface area contributed by atoms with E-state index in [1.807, 2.05) is 68.4 Å². The molecule has 1 N–H and O–H groups in total. The van der Waals surface area contributed by atoms with Gasteiger partial charge < -0.3 is 14.2 Å². The number of nitrogens with one attached hydrogen (secondary N) is 1. The Bertz CT molecular complexity index is 1140. The number of nitrogens with zero attached hydrogens (tertiary/aromatic N) is 3. The number of fused-ring (bicyclic) bond motifs is 1. The van der Waals surface area contributed by atoms with E-state index in [-0.39, 0.29) is 17.3 Å². The highest BCUT2D eigenvalue weighted by Crippen LogP contribution is 2.31. The number of ether oxygens (including phenoxy) is 3. The van der Waals surface area contributed by atoms with E-state index in [0.29, 0.717) is 37.3 Å². The second-order valence-electron chi connectivity index (χ2n) is 7.81. The smallest absolute Gasteiger partial charge is 0.283 e. The third-order valence-electron chi connectivity index (χ3n) is 4.87. The molecule has 0 radical (unpaired) electrons. The molecule has 0 aliphatic carbocycles. The first-order chi connectivity index (χ1) is 16.5. The van der Waals surface area contributed by atoms with Crippen LogP contribution in [0.3, 0.4) is 0 Å². The quantitative estimate of drug-likeness (QED) is 0.401. The van der Waals surface area contributed by atoms with Crippen molar-refractivity contribution in [2.45, 2.75) is 13.8 Å². The fourth-order valence-electron chi connectivity index (χ4n) is 3.16. The number of rotatable bonds is 10. The first-order valence-electron chi connectivity index (χ1n) is 11.0. The first-order valence-corrected chi connectivity index (χ1v) is 11.8. The second kappa shape index (κ2) is 11.1. The highest BCUT2D eigenvalue weighted by molar-refractivity contribution is 8.27. The molecule has 2 aliphatic heterocycles. The Kier molecular flexibility index (Phi) is 7.76. The summed E-state index contributed by atoms with van der Waals surface area (Å²) in [6, 6.07) is 16.9. The molecule has 0 atom stereocenters. The zero-order valence-electron chi connectivity index (χ0n) is 19.1. The molecule has 2 heterocycles. The molecular weight excluding hydrogens is 452 g/mol. The van der Waals surface area contributed by atoms with Gasteiger partial charge in [0.25, 0.3) is 5.91 Å². The van der Waals surface area contributed by atoms with Crippen molar-refractivity contribution in [3.05, 3.63) is 65.7 Å². The molecule has 8 nitrogen and oxygen atoms in total. The number of aliphatic imine (C=N–C) groups is 1. The minimum absolute atomic E-state index is 0.0237. The molecule has 1 amide bonds. The van der Waals surface area contributed by atoms with E-state index in [0.717, 1.165) is 16.4 Å². The summed E-state index contributed by atoms with van der Waals surface area (Å²) in [5, 5.41) is 15.6. The van der Waals surface area contributed by atoms with Crippen LogP contribution in [-0.4, -0.2) is 53.4 Å². The van der Waals surface area contributed by atoms with Gasteiger partial charge in [-0.1, -0.05) is 44.2 Å². The number of hydrogen-bond donors (Lipinski definition) is 1. The van der Waals surface area contributed by atoms with E-state index in [4.69, 9.17) is 19.6 Å². The van der Waals surface area contributed by atoms with Crippen LogP contribution in [0.1, 0.15) is 19.4 Å². The Morgan fingerprint density at radius 1 is 1.00 bits per heavy atom. The summed E-state index contributed by atoms with van der Waals surface area (Å²) in [5.41, 5.74) is 0.929. The first kappa shape index (κ1) is 23.7. The van der Waals surface area contributed by atoms with Crippen LogP contribution in [0.15, 0.2) is 70.3 Å². The predicted molar refractivity (Wildman–Crippen MR) is 135 cm³/mol. The Balaban J connectivity index is 1.28. The molecule has 0 saturated heterocycles. The number of carbonyl (C=O) groups is 1. The number of hydrazone groups is 1. The lowest BCUT2D eigenvalue weighted by atomic mass is 10.1. The number of benzene rings is 2. The fraction of sp³-hybridized carbons (Fsp3) is 0.280. The van der Waals surface area contributed by atoms with Crippen LogP contribution in [-0.2, 0) is 9.53 Å². The van der Waals surface area contributed by atoms with Gasteiger partial charge in [0.2, 0.25) is 5.17 Å². The lowest BCUT2D eigenvalue weighted by Crippen LogP contribution is -2.35. The van der Waals surface area contributed by atoms with Crippen molar-refractivity contribution in [1.82, 2.24) is 5.01 Å². The summed E-state index contributed by atoms with van der Waals surface area (Å²) in [7, 11) is 0. The number of thioether (sulfide) groups is 1. The maximum Gasteiger partial charge on any atom is 0.283 e. The molecule has 9 heteroatoms. The van der Waals surface area contributed by atoms with Gasteiger partial charge in [0.15, 0.2) is 5.84 Å². The van der Waals surface area contributed by atoms with Crippen LogP contribution >= 0.6 is 11.8 Å². The molecule has 176 valence electrons. The Morgan fingerprint density at radius 2 is 1.71 bits per heavy atom. The molecule has 4 rings (SSSR count). The van der Waals surface area contributed by atoms with E-state index in [1.165, 1.54) is 16.8 Å². The molecule has 34 heavy (non-hydrogen) atoms. The van der Waals surface area contributed by atoms with Crippen molar-refractivity contribution >= 4 is 39.8 Å². The largest absolute Gasteiger partial charge is 0.491 e. The van der Waals surface area contributed by atoms with Gasteiger partial charge >= 0.3 is 0 Å². The number of amides is 1. The summed E-state index contributed by atoms with van der Waals surface area (Å²) in [4.78, 5) is 16.7. The maximum absolute atomic E-state index is 12.6. The molecule has 0 spiro atoms. The van der Waals surface area contributed by atoms with Crippen LogP contribution < -0.4 is 9.47 Å². The Morgan fingerprint density at radius 3 is 2.44 bits per heavy atom. The van der Waals surface area contributed by atoms with Gasteiger partial charge in [0.1, 0.15) is 29.8 Å². The summed E-state index contributed by atoms with van der Waals surface area (Å²) < 4.78 is 16.9. The van der Waals surface area contributed by atoms with Crippen molar-refractivity contribution in [3.63, 3.8) is 0 Å². The van der Waals surface area contributed by atoms with Gasteiger partial charge in [-0.3, -0.25) is 10.2 Å². The van der Waals surface area contributed by atoms with E-state index in [1.54, 1.807) is 6.08 Å². The van der Waals surface area contributed by atoms with Crippen molar-refractivity contribution in [2.24, 2.45) is 16.0 Å². The highest BCUT2D eigenvalue weighted by Gasteiger charge is 2.36. The third kappa shape index (κ3) is 5.92. The lowest BCUT2D eigenvalue weighted by molar-refractivity contribution is -0.114. The predicted octanol–water partition coefficient (Wildman–Crippen LogP) is 4.44. The fourth-order valence-corrected chi connectivity index (χ4v) is 4.05. The molecular formula is C25H26N4O4S. The SMILES string of the molecule is CC(C)C1=NN2C(=N)/C(=C/c3cccc(OCCOCCOc4ccccc4)c3)C(=O)N=C2S1. The van der Waals surface area contributed by atoms with Crippen molar-refractivity contribution in [1.29, 1.82) is 5.41 Å². The normalized spacial score (nSPS) is 16.6. The lowest BCUT2D eigenvalue weighted by Gasteiger charge is -2.20. The van der Waals surface area contributed by atoms with Gasteiger partial charge in [-0.2, -0.15) is 15.1 Å². The minimum Gasteiger partial charge on any atom is -0.491 e. The minimum atomic E-state index is -0.443. The number of para-hydroxylation sites is 1. The van der Waals surface area contributed by atoms with Crippen LogP contribution in [0.2, 0.25) is 0 Å². The van der Waals surface area contributed by atoms with Crippen LogP contribution in [0, 0.1) is 11.3 Å². The molecule has 0 bridgehead atoms. The zero-order valence-corrected chi connectivity index (χ0v) is 19.9. The van der Waals surface area contributed by atoms with Gasteiger partial charge in [-0.15, -0.1) is 0 Å². The van der Waals surface area contributed by atoms with Crippen LogP contribution in [0.25, 0.3) is 6.08 Å². The molecule has 0 aromatic heterocycles. The van der Waals surface area contributed by atoms with Gasteiger partial charge in [-0.25, -0.2) is 0 Å². The molecule has 2 aromatic rings. The highest BCUT2D eigenvalue weighted by atomic mass is 32.2. The number of hydrogen-bond acceptors (Lipinski definition) is 7. The number of amidine groups is 2. The summed E-state index contributed by atoms with van der Waals surface area (Å²) in [6.07, 6.45) is 1.64. The van der Waals surface area contributed by atoms with Gasteiger partial charge in [0.05, 0.1) is 18.8 Å². The van der Waals surface area contributed by atoms with E-state index >= 15 is 0 Å². The van der Waals surface area contributed by atoms with E-state index in [2.05, 4.69) is 10.1 Å². The average molecular weight is 479 g/mol. The molecule has 0 saturated carbocycles. The summed E-state index contributed by atoms with van der Waals surface area (Å²) in [5.74, 6) is 1.24. The van der Waals surface area contributed by atoms with Crippen molar-refractivity contribution < 1.29 is 19.0 Å². The maximum atomic E-state index is 12.6. The third-order valence-corrected chi connectivity index (χ3v) is 6.08. The van der Waals surface area contributed by atoms with Crippen LogP contribution in [0.4, 0.5) is 0 Å². The molecule has 0 unspecified atom stereocenters. The van der Waals surface area contributed by atoms with Crippen LogP contribution in [0.5, 0.6) is 11.5 Å². The van der Waals surface area contributed by atoms with E-state index in [9.17, 15) is 4.79 Å². The van der Waals surface area contributed by atoms with E-state index < -0.39 is 5.91 Å². The Labute approximate surface area is 202 Å². The molecule has 0 fully saturated rings. The average Bonchev–Trinajstić information content (AvgIpc) is 3.27. The van der Waals surface area contributed by atoms with Crippen molar-refractivity contribution in [2.75, 3.05) is 26.4 Å². The van der Waals surface area contributed by atoms with Crippen molar-refractivity contribution in [3.8, 4) is 11.5 Å². The van der Waals surface area contributed by atoms with Gasteiger partial charge in [-0.05, 0) is 47.7 Å². The number of carbonyl (C=O) groups excluding carboxylic acids is 1. The monoisotopic (exact) mass is 478 g/mol. The van der Waals surface area contributed by atoms with Gasteiger partial charge in [0, 0.05) is 5.92 Å². The Hall–Kier alpha value is -3.43. The standard InChI is InChI=1S/C25H26N4O4S/c1-17(2)24-28-29-22(26)21(23(30)27-25(29)34-24)16-18-7-6-10-20(15-18)33-14-12-31-11-13-32-19-8-4-3-5-9-19/h3-10,15-17,26H,11-14H2,1-2H3/b21-16-,26-22?. The second-order valence-corrected chi connectivity index (χ2v) is 8.80. The molecule has 2 aliphatic rings. The molecule has 2 aromatic carbocycles.